The topological polar surface area (TPSA) is 78.4 Å². The Kier molecular flexibility index (Phi) is 5.37. The lowest BCUT2D eigenvalue weighted by molar-refractivity contribution is 0.0697. The molecule has 0 spiro atoms. The number of hydrogen-bond donors (Lipinski definition) is 3. The van der Waals surface area contributed by atoms with Gasteiger partial charge in [0.2, 0.25) is 0 Å². The average molecular weight is 288 g/mol. The smallest absolute Gasteiger partial charge is 0.335 e. The van der Waals surface area contributed by atoms with Crippen LogP contribution in [-0.2, 0) is 6.54 Å². The van der Waals surface area contributed by atoms with Crippen molar-refractivity contribution in [1.29, 1.82) is 0 Å². The molecule has 0 aliphatic rings. The minimum absolute atomic E-state index is 0.211. The second kappa shape index (κ2) is 6.80. The molecule has 5 heteroatoms. The maximum absolute atomic E-state index is 11.8. The molecule has 0 heterocycles. The predicted octanol–water partition coefficient (Wildman–Crippen LogP) is 2.23. The maximum Gasteiger partial charge on any atom is 0.335 e. The molecule has 0 aliphatic carbocycles. The Bertz CT molecular complexity index is 550. The molecule has 21 heavy (non-hydrogen) atoms. The number of carbonyl (C=O) groups excluding carboxylic acids is 1. The number of aromatic carboxylic acids is 1. The van der Waals surface area contributed by atoms with Crippen LogP contribution >= 0.6 is 0 Å². The highest BCUT2D eigenvalue weighted by Gasteiger charge is 2.23. The fourth-order valence-corrected chi connectivity index (χ4v) is 1.64. The van der Waals surface area contributed by atoms with Crippen molar-refractivity contribution in [2.24, 2.45) is 5.41 Å². The molecule has 1 aromatic rings. The Hall–Kier alpha value is -2.48. The summed E-state index contributed by atoms with van der Waals surface area (Å²) in [4.78, 5) is 22.5. The van der Waals surface area contributed by atoms with Gasteiger partial charge in [0.1, 0.15) is 0 Å². The van der Waals surface area contributed by atoms with Crippen LogP contribution in [0, 0.1) is 17.8 Å². The first-order valence-corrected chi connectivity index (χ1v) is 6.57. The Morgan fingerprint density at radius 3 is 2.29 bits per heavy atom. The second-order valence-corrected chi connectivity index (χ2v) is 5.79. The molecule has 0 bridgehead atoms. The van der Waals surface area contributed by atoms with E-state index in [1.807, 2.05) is 20.8 Å². The Balaban J connectivity index is 2.53. The number of carboxylic acids is 1. The normalized spacial score (nSPS) is 12.1. The zero-order valence-corrected chi connectivity index (χ0v) is 12.4. The van der Waals surface area contributed by atoms with E-state index in [-0.39, 0.29) is 23.1 Å². The van der Waals surface area contributed by atoms with E-state index in [9.17, 15) is 9.59 Å². The van der Waals surface area contributed by atoms with Crippen molar-refractivity contribution in [3.63, 3.8) is 0 Å². The summed E-state index contributed by atoms with van der Waals surface area (Å²) in [6.07, 6.45) is 5.41. The number of nitrogens with one attached hydrogen (secondary N) is 2. The van der Waals surface area contributed by atoms with Crippen molar-refractivity contribution >= 4 is 12.0 Å². The fourth-order valence-electron chi connectivity index (χ4n) is 1.64. The van der Waals surface area contributed by atoms with E-state index >= 15 is 0 Å². The van der Waals surface area contributed by atoms with Crippen LogP contribution in [0.1, 0.15) is 36.7 Å². The minimum atomic E-state index is -0.978. The summed E-state index contributed by atoms with van der Waals surface area (Å²) in [6, 6.07) is 5.59. The van der Waals surface area contributed by atoms with Crippen molar-refractivity contribution in [2.75, 3.05) is 0 Å². The number of amides is 2. The number of urea groups is 1. The first-order chi connectivity index (χ1) is 9.74. The van der Waals surface area contributed by atoms with Gasteiger partial charge in [-0.15, -0.1) is 6.42 Å². The largest absolute Gasteiger partial charge is 0.478 e. The zero-order valence-electron chi connectivity index (χ0n) is 12.4. The van der Waals surface area contributed by atoms with Gasteiger partial charge < -0.3 is 15.7 Å². The Morgan fingerprint density at radius 1 is 1.29 bits per heavy atom. The van der Waals surface area contributed by atoms with Gasteiger partial charge in [-0.25, -0.2) is 9.59 Å². The average Bonchev–Trinajstić information content (AvgIpc) is 2.41. The third-order valence-electron chi connectivity index (χ3n) is 2.96. The molecular formula is C16H20N2O3. The number of carbonyl (C=O) groups is 2. The molecule has 3 N–H and O–H groups in total. The van der Waals surface area contributed by atoms with Crippen LogP contribution in [-0.4, -0.2) is 23.1 Å². The molecule has 1 unspecified atom stereocenters. The van der Waals surface area contributed by atoms with Gasteiger partial charge in [0.05, 0.1) is 11.6 Å². The molecule has 0 aromatic heterocycles. The first kappa shape index (κ1) is 16.6. The summed E-state index contributed by atoms with van der Waals surface area (Å²) < 4.78 is 0. The van der Waals surface area contributed by atoms with Crippen LogP contribution in [0.15, 0.2) is 24.3 Å². The Morgan fingerprint density at radius 2 is 1.86 bits per heavy atom. The van der Waals surface area contributed by atoms with E-state index in [2.05, 4.69) is 16.6 Å². The van der Waals surface area contributed by atoms with Gasteiger partial charge in [0.25, 0.3) is 0 Å². The van der Waals surface area contributed by atoms with Crippen LogP contribution in [0.5, 0.6) is 0 Å². The molecule has 1 rings (SSSR count). The highest BCUT2D eigenvalue weighted by atomic mass is 16.4. The number of carboxylic acid groups (broad SMARTS) is 1. The summed E-state index contributed by atoms with van der Waals surface area (Å²) in [6.45, 7) is 6.14. The lowest BCUT2D eigenvalue weighted by Crippen LogP contribution is -2.47. The minimum Gasteiger partial charge on any atom is -0.478 e. The molecular weight excluding hydrogens is 268 g/mol. The molecule has 0 aliphatic heterocycles. The van der Waals surface area contributed by atoms with Gasteiger partial charge in [-0.3, -0.25) is 0 Å². The summed E-state index contributed by atoms with van der Waals surface area (Å²) in [5, 5.41) is 14.2. The van der Waals surface area contributed by atoms with E-state index in [1.165, 1.54) is 12.1 Å². The summed E-state index contributed by atoms with van der Waals surface area (Å²) in [7, 11) is 0. The van der Waals surface area contributed by atoms with Crippen molar-refractivity contribution < 1.29 is 14.7 Å². The van der Waals surface area contributed by atoms with Gasteiger partial charge in [0, 0.05) is 6.54 Å². The van der Waals surface area contributed by atoms with Gasteiger partial charge in [-0.05, 0) is 23.1 Å². The summed E-state index contributed by atoms with van der Waals surface area (Å²) >= 11 is 0. The second-order valence-electron chi connectivity index (χ2n) is 5.79. The molecule has 0 saturated carbocycles. The molecule has 112 valence electrons. The van der Waals surface area contributed by atoms with E-state index in [0.717, 1.165) is 5.56 Å². The van der Waals surface area contributed by atoms with Crippen LogP contribution < -0.4 is 10.6 Å². The molecule has 0 radical (unpaired) electrons. The van der Waals surface area contributed by atoms with Crippen molar-refractivity contribution in [3.8, 4) is 12.3 Å². The van der Waals surface area contributed by atoms with Gasteiger partial charge >= 0.3 is 12.0 Å². The molecule has 2 amide bonds. The summed E-state index contributed by atoms with van der Waals surface area (Å²) in [5.74, 6) is 1.58. The maximum atomic E-state index is 11.8. The number of benzene rings is 1. The molecule has 0 saturated heterocycles. The highest BCUT2D eigenvalue weighted by Crippen LogP contribution is 2.18. The number of hydrogen-bond acceptors (Lipinski definition) is 2. The van der Waals surface area contributed by atoms with Crippen molar-refractivity contribution in [3.05, 3.63) is 35.4 Å². The Labute approximate surface area is 124 Å². The van der Waals surface area contributed by atoms with E-state index in [0.29, 0.717) is 6.54 Å². The van der Waals surface area contributed by atoms with E-state index in [4.69, 9.17) is 11.5 Å². The van der Waals surface area contributed by atoms with Crippen molar-refractivity contribution in [2.45, 2.75) is 33.4 Å². The van der Waals surface area contributed by atoms with Gasteiger partial charge in [-0.1, -0.05) is 38.8 Å². The monoisotopic (exact) mass is 288 g/mol. The quantitative estimate of drug-likeness (QED) is 0.743. The van der Waals surface area contributed by atoms with E-state index < -0.39 is 5.97 Å². The zero-order chi connectivity index (χ0) is 16.0. The third kappa shape index (κ3) is 5.19. The number of rotatable bonds is 4. The van der Waals surface area contributed by atoms with Crippen LogP contribution in [0.2, 0.25) is 0 Å². The van der Waals surface area contributed by atoms with Gasteiger partial charge in [0.15, 0.2) is 0 Å². The predicted molar refractivity (Wildman–Crippen MR) is 80.8 cm³/mol. The highest BCUT2D eigenvalue weighted by molar-refractivity contribution is 5.87. The molecule has 0 fully saturated rings. The lowest BCUT2D eigenvalue weighted by atomic mass is 9.87. The first-order valence-electron chi connectivity index (χ1n) is 6.57. The molecule has 1 aromatic carbocycles. The van der Waals surface area contributed by atoms with Crippen LogP contribution in [0.4, 0.5) is 4.79 Å². The third-order valence-corrected chi connectivity index (χ3v) is 2.96. The molecule has 1 atom stereocenters. The van der Waals surface area contributed by atoms with E-state index in [1.54, 1.807) is 12.1 Å². The number of terminal acetylenes is 1. The summed E-state index contributed by atoms with van der Waals surface area (Å²) in [5.41, 5.74) is 0.793. The standard InChI is InChI=1S/C16H20N2O3/c1-5-13(16(2,3)4)18-15(21)17-10-11-6-8-12(9-7-11)14(19)20/h1,6-9,13H,10H2,2-4H3,(H,19,20)(H2,17,18,21). The lowest BCUT2D eigenvalue weighted by Gasteiger charge is -2.27. The van der Waals surface area contributed by atoms with Crippen LogP contribution in [0.3, 0.4) is 0 Å². The fraction of sp³-hybridized carbons (Fsp3) is 0.375. The SMILES string of the molecule is C#CC(NC(=O)NCc1ccc(C(=O)O)cc1)C(C)(C)C. The molecule has 5 nitrogen and oxygen atoms in total. The van der Waals surface area contributed by atoms with Gasteiger partial charge in [-0.2, -0.15) is 0 Å². The van der Waals surface area contributed by atoms with Crippen molar-refractivity contribution in [1.82, 2.24) is 10.6 Å². The van der Waals surface area contributed by atoms with Crippen LogP contribution in [0.25, 0.3) is 0 Å².